The molecule has 31 heavy (non-hydrogen) atoms. The van der Waals surface area contributed by atoms with Crippen molar-refractivity contribution in [2.75, 3.05) is 26.7 Å². The average molecular weight is 429 g/mol. The summed E-state index contributed by atoms with van der Waals surface area (Å²) >= 11 is 0. The van der Waals surface area contributed by atoms with Gasteiger partial charge in [-0.1, -0.05) is 36.4 Å². The van der Waals surface area contributed by atoms with Crippen LogP contribution in [-0.2, 0) is 11.3 Å². The molecule has 1 aliphatic rings. The van der Waals surface area contributed by atoms with Crippen LogP contribution in [0.4, 0.5) is 8.78 Å². The number of amides is 1. The van der Waals surface area contributed by atoms with Gasteiger partial charge in [-0.05, 0) is 55.5 Å². The second-order valence-corrected chi connectivity index (χ2v) is 7.98. The zero-order valence-electron chi connectivity index (χ0n) is 17.9. The highest BCUT2D eigenvalue weighted by Crippen LogP contribution is 2.22. The van der Waals surface area contributed by atoms with Gasteiger partial charge in [0.15, 0.2) is 11.6 Å². The van der Waals surface area contributed by atoms with Gasteiger partial charge in [0.25, 0.3) is 0 Å². The van der Waals surface area contributed by atoms with Crippen molar-refractivity contribution in [1.82, 2.24) is 10.2 Å². The van der Waals surface area contributed by atoms with E-state index in [1.807, 2.05) is 24.3 Å². The Labute approximate surface area is 182 Å². The number of hydrogen-bond donors (Lipinski definition) is 1. The summed E-state index contributed by atoms with van der Waals surface area (Å²) in [7, 11) is 1.68. The Morgan fingerprint density at radius 2 is 2.06 bits per heavy atom. The van der Waals surface area contributed by atoms with E-state index in [2.05, 4.69) is 22.4 Å². The van der Waals surface area contributed by atoms with Crippen LogP contribution >= 0.6 is 0 Å². The van der Waals surface area contributed by atoms with Crippen LogP contribution < -0.4 is 10.1 Å². The zero-order valence-corrected chi connectivity index (χ0v) is 17.9. The van der Waals surface area contributed by atoms with Crippen molar-refractivity contribution in [2.45, 2.75) is 32.2 Å². The van der Waals surface area contributed by atoms with Gasteiger partial charge in [-0.15, -0.1) is 0 Å². The lowest BCUT2D eigenvalue weighted by Gasteiger charge is -2.31. The summed E-state index contributed by atoms with van der Waals surface area (Å²) in [4.78, 5) is 14.6. The molecule has 1 N–H and O–H groups in total. The summed E-state index contributed by atoms with van der Waals surface area (Å²) in [6.07, 6.45) is 7.78. The summed E-state index contributed by atoms with van der Waals surface area (Å²) < 4.78 is 31.6. The molecular formula is C25H30F2N2O2. The van der Waals surface area contributed by atoms with E-state index in [-0.39, 0.29) is 12.5 Å². The summed E-state index contributed by atoms with van der Waals surface area (Å²) in [5.74, 6) is -0.478. The molecule has 0 aliphatic carbocycles. The fraction of sp³-hybridized carbons (Fsp3) is 0.400. The lowest BCUT2D eigenvalue weighted by molar-refractivity contribution is -0.121. The van der Waals surface area contributed by atoms with Gasteiger partial charge >= 0.3 is 0 Å². The van der Waals surface area contributed by atoms with Crippen molar-refractivity contribution >= 4 is 12.0 Å². The SMILES string of the molecule is COc1ccccc1/C=C/CN1CCC[C@@H](CCC(=O)NCc2ccc(F)c(F)c2)C1. The van der Waals surface area contributed by atoms with Crippen LogP contribution in [0.25, 0.3) is 6.08 Å². The topological polar surface area (TPSA) is 41.6 Å². The molecule has 0 aromatic heterocycles. The molecule has 0 unspecified atom stereocenters. The van der Waals surface area contributed by atoms with Crippen LogP contribution in [0.5, 0.6) is 5.75 Å². The first-order valence-electron chi connectivity index (χ1n) is 10.8. The maximum atomic E-state index is 13.3. The number of para-hydroxylation sites is 1. The van der Waals surface area contributed by atoms with E-state index in [0.29, 0.717) is 17.9 Å². The Kier molecular flexibility index (Phi) is 8.59. The number of ether oxygens (including phenoxy) is 1. The minimum absolute atomic E-state index is 0.0575. The van der Waals surface area contributed by atoms with Crippen molar-refractivity contribution < 1.29 is 18.3 Å². The largest absolute Gasteiger partial charge is 0.496 e. The first-order chi connectivity index (χ1) is 15.0. The molecule has 1 amide bonds. The van der Waals surface area contributed by atoms with E-state index in [1.54, 1.807) is 7.11 Å². The summed E-state index contributed by atoms with van der Waals surface area (Å²) in [6.45, 7) is 3.12. The third kappa shape index (κ3) is 7.17. The van der Waals surface area contributed by atoms with Gasteiger partial charge in [0, 0.05) is 31.6 Å². The third-order valence-electron chi connectivity index (χ3n) is 5.66. The maximum absolute atomic E-state index is 13.3. The molecule has 2 aromatic carbocycles. The second kappa shape index (κ2) is 11.6. The molecule has 2 aromatic rings. The third-order valence-corrected chi connectivity index (χ3v) is 5.66. The van der Waals surface area contributed by atoms with E-state index in [0.717, 1.165) is 62.3 Å². The minimum atomic E-state index is -0.895. The second-order valence-electron chi connectivity index (χ2n) is 7.98. The summed E-state index contributed by atoms with van der Waals surface area (Å²) in [6, 6.07) is 11.6. The zero-order chi connectivity index (χ0) is 22.1. The molecule has 0 radical (unpaired) electrons. The van der Waals surface area contributed by atoms with E-state index >= 15 is 0 Å². The number of nitrogens with zero attached hydrogens (tertiary/aromatic N) is 1. The number of rotatable bonds is 9. The Balaban J connectivity index is 1.39. The van der Waals surface area contributed by atoms with Crippen molar-refractivity contribution in [1.29, 1.82) is 0 Å². The fourth-order valence-corrected chi connectivity index (χ4v) is 3.96. The number of methoxy groups -OCH3 is 1. The van der Waals surface area contributed by atoms with Crippen molar-refractivity contribution in [3.63, 3.8) is 0 Å². The van der Waals surface area contributed by atoms with Gasteiger partial charge in [-0.3, -0.25) is 9.69 Å². The van der Waals surface area contributed by atoms with Crippen LogP contribution in [0.2, 0.25) is 0 Å². The van der Waals surface area contributed by atoms with Crippen LogP contribution in [0.15, 0.2) is 48.5 Å². The molecule has 1 heterocycles. The molecule has 6 heteroatoms. The predicted molar refractivity (Wildman–Crippen MR) is 119 cm³/mol. The Hall–Kier alpha value is -2.73. The molecule has 4 nitrogen and oxygen atoms in total. The summed E-state index contributed by atoms with van der Waals surface area (Å²) in [5, 5.41) is 2.80. The number of hydrogen-bond acceptors (Lipinski definition) is 3. The highest BCUT2D eigenvalue weighted by molar-refractivity contribution is 5.75. The Morgan fingerprint density at radius 1 is 1.23 bits per heavy atom. The number of likely N-dealkylation sites (tertiary alicyclic amines) is 1. The molecule has 166 valence electrons. The lowest BCUT2D eigenvalue weighted by Crippen LogP contribution is -2.36. The van der Waals surface area contributed by atoms with Gasteiger partial charge in [-0.2, -0.15) is 0 Å². The first kappa shape index (κ1) is 22.9. The van der Waals surface area contributed by atoms with Gasteiger partial charge in [0.2, 0.25) is 5.91 Å². The van der Waals surface area contributed by atoms with Crippen molar-refractivity contribution in [3.8, 4) is 5.75 Å². The Bertz CT molecular complexity index is 901. The van der Waals surface area contributed by atoms with Crippen LogP contribution in [0, 0.1) is 17.6 Å². The molecule has 1 atom stereocenters. The van der Waals surface area contributed by atoms with Gasteiger partial charge in [0.1, 0.15) is 5.75 Å². The van der Waals surface area contributed by atoms with Gasteiger partial charge in [0.05, 0.1) is 7.11 Å². The molecule has 1 aliphatic heterocycles. The number of carbonyl (C=O) groups excluding carboxylic acids is 1. The minimum Gasteiger partial charge on any atom is -0.496 e. The maximum Gasteiger partial charge on any atom is 0.220 e. The quantitative estimate of drug-likeness (QED) is 0.624. The van der Waals surface area contributed by atoms with E-state index < -0.39 is 11.6 Å². The molecule has 1 saturated heterocycles. The molecule has 0 saturated carbocycles. The van der Waals surface area contributed by atoms with E-state index in [1.165, 1.54) is 6.07 Å². The number of benzene rings is 2. The molecule has 0 bridgehead atoms. The van der Waals surface area contributed by atoms with Crippen molar-refractivity contribution in [3.05, 3.63) is 71.3 Å². The highest BCUT2D eigenvalue weighted by Gasteiger charge is 2.19. The lowest BCUT2D eigenvalue weighted by atomic mass is 9.93. The van der Waals surface area contributed by atoms with Gasteiger partial charge < -0.3 is 10.1 Å². The number of halogens is 2. The molecule has 1 fully saturated rings. The fourth-order valence-electron chi connectivity index (χ4n) is 3.96. The van der Waals surface area contributed by atoms with E-state index in [9.17, 15) is 13.6 Å². The number of nitrogens with one attached hydrogen (secondary N) is 1. The number of carbonyl (C=O) groups is 1. The molecular weight excluding hydrogens is 398 g/mol. The van der Waals surface area contributed by atoms with Crippen LogP contribution in [0.3, 0.4) is 0 Å². The average Bonchev–Trinajstić information content (AvgIpc) is 2.79. The first-order valence-corrected chi connectivity index (χ1v) is 10.8. The predicted octanol–water partition coefficient (Wildman–Crippen LogP) is 4.80. The highest BCUT2D eigenvalue weighted by atomic mass is 19.2. The standard InChI is InChI=1S/C25H30F2N2O2/c1-31-24-9-3-2-7-21(24)8-5-15-29-14-4-6-19(18-29)11-13-25(30)28-17-20-10-12-22(26)23(27)16-20/h2-3,5,7-10,12,16,19H,4,6,11,13-15,17-18H2,1H3,(H,28,30)/b8-5+/t19-/m0/s1. The molecule has 0 spiro atoms. The Morgan fingerprint density at radius 3 is 2.87 bits per heavy atom. The number of piperidine rings is 1. The van der Waals surface area contributed by atoms with Gasteiger partial charge in [-0.25, -0.2) is 8.78 Å². The van der Waals surface area contributed by atoms with E-state index in [4.69, 9.17) is 4.74 Å². The smallest absolute Gasteiger partial charge is 0.220 e. The molecule has 3 rings (SSSR count). The monoisotopic (exact) mass is 428 g/mol. The summed E-state index contributed by atoms with van der Waals surface area (Å²) in [5.41, 5.74) is 1.62. The van der Waals surface area contributed by atoms with Crippen molar-refractivity contribution in [2.24, 2.45) is 5.92 Å². The van der Waals surface area contributed by atoms with Crippen LogP contribution in [-0.4, -0.2) is 37.6 Å². The normalized spacial score (nSPS) is 17.1. The van der Waals surface area contributed by atoms with Crippen LogP contribution in [0.1, 0.15) is 36.8 Å².